The predicted octanol–water partition coefficient (Wildman–Crippen LogP) is 4.75. The Morgan fingerprint density at radius 2 is 1.38 bits per heavy atom. The number of hydrogen-bond donors (Lipinski definition) is 2. The second-order valence-electron chi connectivity index (χ2n) is 8.03. The summed E-state index contributed by atoms with van der Waals surface area (Å²) in [6, 6.07) is 15.6. The van der Waals surface area contributed by atoms with Crippen LogP contribution in [0.2, 0.25) is 0 Å². The molecule has 37 heavy (non-hydrogen) atoms. The number of halogens is 3. The molecule has 2 N–H and O–H groups in total. The average Bonchev–Trinajstić information content (AvgIpc) is 2.84. The van der Waals surface area contributed by atoms with E-state index in [1.54, 1.807) is 12.1 Å². The van der Waals surface area contributed by atoms with E-state index in [4.69, 9.17) is 0 Å². The molecule has 0 aliphatic heterocycles. The van der Waals surface area contributed by atoms with E-state index in [2.05, 4.69) is 36.6 Å². The summed E-state index contributed by atoms with van der Waals surface area (Å²) in [6.45, 7) is -0.180. The maximum absolute atomic E-state index is 13.4. The van der Waals surface area contributed by atoms with Gasteiger partial charge in [0, 0.05) is 22.0 Å². The molecule has 0 aliphatic carbocycles. The van der Waals surface area contributed by atoms with Crippen LogP contribution in [0.4, 0.5) is 4.39 Å². The molecule has 0 radical (unpaired) electrons. The maximum atomic E-state index is 13.4. The van der Waals surface area contributed by atoms with E-state index >= 15 is 0 Å². The molecule has 1 atom stereocenters. The Morgan fingerprint density at radius 3 is 1.89 bits per heavy atom. The van der Waals surface area contributed by atoms with E-state index < -0.39 is 37.9 Å². The topological polar surface area (TPSA) is 121 Å². The lowest BCUT2D eigenvalue weighted by molar-refractivity contribution is -0.139. The number of aliphatic carboxylic acids is 1. The molecule has 3 aromatic rings. The van der Waals surface area contributed by atoms with Gasteiger partial charge in [-0.1, -0.05) is 44.0 Å². The van der Waals surface area contributed by atoms with Crippen molar-refractivity contribution in [3.05, 3.63) is 93.1 Å². The fourth-order valence-corrected chi connectivity index (χ4v) is 6.63. The first-order valence-electron chi connectivity index (χ1n) is 10.9. The van der Waals surface area contributed by atoms with Crippen molar-refractivity contribution >= 4 is 57.9 Å². The number of carboxylic acids is 1. The van der Waals surface area contributed by atoms with Crippen molar-refractivity contribution in [1.29, 1.82) is 0 Å². The highest BCUT2D eigenvalue weighted by Gasteiger charge is 2.28. The fraction of sp³-hybridized carbons (Fsp3) is 0.208. The van der Waals surface area contributed by atoms with Crippen LogP contribution in [0.5, 0.6) is 0 Å². The third-order valence-electron chi connectivity index (χ3n) is 5.34. The SMILES string of the molecule is O=C(O)[C@H](CCCN(Cc1ccc(F)cc1)S(=O)(=O)c1ccc(Br)cc1)NS(=O)(=O)c1ccc(Br)cc1. The van der Waals surface area contributed by atoms with Crippen molar-refractivity contribution in [1.82, 2.24) is 9.03 Å². The fourth-order valence-electron chi connectivity index (χ4n) is 3.41. The van der Waals surface area contributed by atoms with Gasteiger partial charge in [-0.05, 0) is 79.1 Å². The molecule has 0 saturated heterocycles. The van der Waals surface area contributed by atoms with Gasteiger partial charge < -0.3 is 5.11 Å². The predicted molar refractivity (Wildman–Crippen MR) is 143 cm³/mol. The van der Waals surface area contributed by atoms with Crippen molar-refractivity contribution in [3.63, 3.8) is 0 Å². The summed E-state index contributed by atoms with van der Waals surface area (Å²) in [5.74, 6) is -1.85. The highest BCUT2D eigenvalue weighted by molar-refractivity contribution is 9.10. The number of rotatable bonds is 12. The molecule has 0 saturated carbocycles. The third-order valence-corrected chi connectivity index (χ3v) is 9.75. The summed E-state index contributed by atoms with van der Waals surface area (Å²) in [5.41, 5.74) is 0.535. The van der Waals surface area contributed by atoms with E-state index in [1.807, 2.05) is 0 Å². The van der Waals surface area contributed by atoms with E-state index in [0.29, 0.717) is 14.5 Å². The average molecular weight is 678 g/mol. The van der Waals surface area contributed by atoms with Gasteiger partial charge in [-0.25, -0.2) is 21.2 Å². The van der Waals surface area contributed by atoms with Gasteiger partial charge in [-0.2, -0.15) is 9.03 Å². The Hall–Kier alpha value is -2.16. The molecule has 3 rings (SSSR count). The first-order valence-corrected chi connectivity index (χ1v) is 15.4. The van der Waals surface area contributed by atoms with Gasteiger partial charge in [-0.15, -0.1) is 0 Å². The minimum absolute atomic E-state index is 0.0311. The summed E-state index contributed by atoms with van der Waals surface area (Å²) in [5, 5.41) is 9.61. The molecule has 0 spiro atoms. The second-order valence-corrected chi connectivity index (χ2v) is 13.5. The van der Waals surface area contributed by atoms with Gasteiger partial charge in [0.25, 0.3) is 0 Å². The molecular weight excluding hydrogens is 655 g/mol. The lowest BCUT2D eigenvalue weighted by atomic mass is 10.1. The summed E-state index contributed by atoms with van der Waals surface area (Å²) >= 11 is 6.48. The van der Waals surface area contributed by atoms with Crippen LogP contribution in [0.15, 0.2) is 91.5 Å². The molecule has 0 unspecified atom stereocenters. The number of carboxylic acid groups (broad SMARTS) is 1. The van der Waals surface area contributed by atoms with Crippen molar-refractivity contribution in [2.24, 2.45) is 0 Å². The lowest BCUT2D eigenvalue weighted by Crippen LogP contribution is -2.41. The summed E-state index contributed by atoms with van der Waals surface area (Å²) in [7, 11) is -8.12. The standard InChI is InChI=1S/C24H23Br2FN2O6S2/c25-18-5-11-21(12-6-18)36(32,33)28-23(24(30)31)2-1-15-29(16-17-3-9-20(27)10-4-17)37(34,35)22-13-7-19(26)8-14-22/h3-14,23,28H,1-2,15-16H2,(H,30,31)/t23-/m0/s1. The molecule has 0 aromatic heterocycles. The van der Waals surface area contributed by atoms with Gasteiger partial charge >= 0.3 is 5.97 Å². The molecule has 0 bridgehead atoms. The molecule has 3 aromatic carbocycles. The van der Waals surface area contributed by atoms with Gasteiger partial charge in [0.15, 0.2) is 0 Å². The summed E-state index contributed by atoms with van der Waals surface area (Å²) in [6.07, 6.45) is -0.127. The van der Waals surface area contributed by atoms with Crippen LogP contribution in [-0.4, -0.2) is 44.8 Å². The van der Waals surface area contributed by atoms with Crippen LogP contribution in [0.25, 0.3) is 0 Å². The highest BCUT2D eigenvalue weighted by atomic mass is 79.9. The van der Waals surface area contributed by atoms with Crippen molar-refractivity contribution in [2.75, 3.05) is 6.54 Å². The Kier molecular flexibility index (Phi) is 10.0. The zero-order chi connectivity index (χ0) is 27.2. The number of hydrogen-bond acceptors (Lipinski definition) is 5. The monoisotopic (exact) mass is 676 g/mol. The van der Waals surface area contributed by atoms with Gasteiger partial charge in [0.2, 0.25) is 20.0 Å². The lowest BCUT2D eigenvalue weighted by Gasteiger charge is -2.23. The van der Waals surface area contributed by atoms with Gasteiger partial charge in [0.1, 0.15) is 11.9 Å². The molecule has 0 fully saturated rings. The first-order chi connectivity index (χ1) is 17.4. The molecular formula is C24H23Br2FN2O6S2. The van der Waals surface area contributed by atoms with E-state index in [-0.39, 0.29) is 35.7 Å². The van der Waals surface area contributed by atoms with Crippen LogP contribution >= 0.6 is 31.9 Å². The molecule has 0 heterocycles. The molecule has 8 nitrogen and oxygen atoms in total. The van der Waals surface area contributed by atoms with Crippen LogP contribution in [0.1, 0.15) is 18.4 Å². The minimum atomic E-state index is -4.12. The Labute approximate surface area is 231 Å². The Bertz CT molecular complexity index is 1430. The third kappa shape index (κ3) is 8.16. The number of nitrogens with zero attached hydrogens (tertiary/aromatic N) is 1. The summed E-state index contributed by atoms with van der Waals surface area (Å²) < 4.78 is 70.1. The van der Waals surface area contributed by atoms with Crippen LogP contribution < -0.4 is 4.72 Å². The molecule has 13 heteroatoms. The maximum Gasteiger partial charge on any atom is 0.321 e. The number of nitrogens with one attached hydrogen (secondary N) is 1. The van der Waals surface area contributed by atoms with Crippen LogP contribution in [0, 0.1) is 5.82 Å². The Balaban J connectivity index is 1.78. The van der Waals surface area contributed by atoms with E-state index in [1.165, 1.54) is 60.7 Å². The second kappa shape index (κ2) is 12.6. The van der Waals surface area contributed by atoms with Crippen molar-refractivity contribution < 1.29 is 31.1 Å². The van der Waals surface area contributed by atoms with E-state index in [0.717, 1.165) is 4.31 Å². The van der Waals surface area contributed by atoms with Crippen molar-refractivity contribution in [3.8, 4) is 0 Å². The summed E-state index contributed by atoms with van der Waals surface area (Å²) in [4.78, 5) is 11.7. The quantitative estimate of drug-likeness (QED) is 0.285. The number of carbonyl (C=O) groups is 1. The molecule has 0 aliphatic rings. The minimum Gasteiger partial charge on any atom is -0.480 e. The largest absolute Gasteiger partial charge is 0.480 e. The Morgan fingerprint density at radius 1 is 0.865 bits per heavy atom. The number of benzene rings is 3. The smallest absolute Gasteiger partial charge is 0.321 e. The normalized spacial score (nSPS) is 13.0. The molecule has 198 valence electrons. The van der Waals surface area contributed by atoms with Gasteiger partial charge in [0.05, 0.1) is 9.79 Å². The number of sulfonamides is 2. The zero-order valence-corrected chi connectivity index (χ0v) is 24.0. The van der Waals surface area contributed by atoms with E-state index in [9.17, 15) is 31.1 Å². The zero-order valence-electron chi connectivity index (χ0n) is 19.2. The van der Waals surface area contributed by atoms with Crippen LogP contribution in [0.3, 0.4) is 0 Å². The first kappa shape index (κ1) is 29.4. The van der Waals surface area contributed by atoms with Crippen LogP contribution in [-0.2, 0) is 31.4 Å². The molecule has 0 amide bonds. The van der Waals surface area contributed by atoms with Crippen molar-refractivity contribution in [2.45, 2.75) is 35.2 Å². The van der Waals surface area contributed by atoms with Gasteiger partial charge in [-0.3, -0.25) is 4.79 Å². The highest BCUT2D eigenvalue weighted by Crippen LogP contribution is 2.22.